The van der Waals surface area contributed by atoms with Gasteiger partial charge in [-0.2, -0.15) is 5.26 Å². The normalized spacial score (nSPS) is 31.5. The highest BCUT2D eigenvalue weighted by atomic mass is 16.5. The molecule has 3 aliphatic rings. The summed E-state index contributed by atoms with van der Waals surface area (Å²) in [6.45, 7) is 2.01. The van der Waals surface area contributed by atoms with Gasteiger partial charge in [0, 0.05) is 25.1 Å². The highest BCUT2D eigenvalue weighted by molar-refractivity contribution is 5.61. The third-order valence-electron chi connectivity index (χ3n) is 5.33. The van der Waals surface area contributed by atoms with E-state index in [1.807, 2.05) is 12.1 Å². The summed E-state index contributed by atoms with van der Waals surface area (Å²) in [7, 11) is 1.65. The molecular weight excluding hydrogens is 292 g/mol. The van der Waals surface area contributed by atoms with Crippen LogP contribution in [0.5, 0.6) is 11.5 Å². The number of hydrogen-bond acceptors (Lipinski definition) is 5. The lowest BCUT2D eigenvalue weighted by molar-refractivity contribution is 0.0816. The molecule has 2 heterocycles. The van der Waals surface area contributed by atoms with Crippen LogP contribution in [0.1, 0.15) is 24.0 Å². The van der Waals surface area contributed by atoms with Crippen LogP contribution in [-0.4, -0.2) is 42.4 Å². The molecular formula is C18H20N2O3. The van der Waals surface area contributed by atoms with Crippen molar-refractivity contribution in [3.05, 3.63) is 35.4 Å². The largest absolute Gasteiger partial charge is 0.493 e. The van der Waals surface area contributed by atoms with E-state index < -0.39 is 6.10 Å². The average molecular weight is 312 g/mol. The SMILES string of the molecule is COc1ccc2c3c1OC1CC(O)C=CC31CCN(CC#N)C2. The molecule has 0 fully saturated rings. The van der Waals surface area contributed by atoms with E-state index in [2.05, 4.69) is 23.1 Å². The van der Waals surface area contributed by atoms with Crippen molar-refractivity contribution < 1.29 is 14.6 Å². The van der Waals surface area contributed by atoms with E-state index in [0.29, 0.717) is 13.0 Å². The zero-order valence-electron chi connectivity index (χ0n) is 13.2. The van der Waals surface area contributed by atoms with Gasteiger partial charge in [0.1, 0.15) is 6.10 Å². The zero-order chi connectivity index (χ0) is 16.0. The van der Waals surface area contributed by atoms with E-state index in [4.69, 9.17) is 14.7 Å². The standard InChI is InChI=1S/C18H20N2O3/c1-22-14-3-2-12-11-20(9-7-19)8-6-18-5-4-13(21)10-15(18)23-17(14)16(12)18/h2-5,13,15,21H,6,8-11H2,1H3. The third kappa shape index (κ3) is 2.06. The summed E-state index contributed by atoms with van der Waals surface area (Å²) < 4.78 is 11.7. The van der Waals surface area contributed by atoms with Gasteiger partial charge in [-0.05, 0) is 18.1 Å². The van der Waals surface area contributed by atoms with Crippen LogP contribution in [0.4, 0.5) is 0 Å². The van der Waals surface area contributed by atoms with Crippen molar-refractivity contribution >= 4 is 0 Å². The van der Waals surface area contributed by atoms with Gasteiger partial charge in [0.15, 0.2) is 11.5 Å². The number of benzene rings is 1. The summed E-state index contributed by atoms with van der Waals surface area (Å²) in [6.07, 6.45) is 4.94. The Labute approximate surface area is 135 Å². The Morgan fingerprint density at radius 3 is 3.17 bits per heavy atom. The number of aliphatic hydroxyl groups is 1. The number of ether oxygens (including phenoxy) is 2. The van der Waals surface area contributed by atoms with E-state index in [0.717, 1.165) is 31.0 Å². The maximum Gasteiger partial charge on any atom is 0.166 e. The van der Waals surface area contributed by atoms with Crippen LogP contribution < -0.4 is 9.47 Å². The van der Waals surface area contributed by atoms with Crippen molar-refractivity contribution in [1.82, 2.24) is 4.90 Å². The quantitative estimate of drug-likeness (QED) is 0.666. The molecule has 0 amide bonds. The van der Waals surface area contributed by atoms with Gasteiger partial charge in [0.25, 0.3) is 0 Å². The van der Waals surface area contributed by atoms with E-state index in [9.17, 15) is 5.11 Å². The second-order valence-corrected chi connectivity index (χ2v) is 6.56. The Hall–Kier alpha value is -2.03. The Balaban J connectivity index is 1.89. The van der Waals surface area contributed by atoms with Crippen LogP contribution in [0.15, 0.2) is 24.3 Å². The van der Waals surface area contributed by atoms with E-state index in [-0.39, 0.29) is 11.5 Å². The van der Waals surface area contributed by atoms with Crippen molar-refractivity contribution in [2.45, 2.75) is 37.0 Å². The lowest BCUT2D eigenvalue weighted by Gasteiger charge is -2.35. The Kier molecular flexibility index (Phi) is 3.33. The molecule has 3 unspecified atom stereocenters. The molecule has 2 aliphatic heterocycles. The molecule has 5 nitrogen and oxygen atoms in total. The number of methoxy groups -OCH3 is 1. The van der Waals surface area contributed by atoms with Gasteiger partial charge in [-0.1, -0.05) is 18.2 Å². The predicted octanol–water partition coefficient (Wildman–Crippen LogP) is 1.74. The summed E-state index contributed by atoms with van der Waals surface area (Å²) in [5.74, 6) is 1.56. The second-order valence-electron chi connectivity index (χ2n) is 6.56. The molecule has 1 spiro atoms. The summed E-state index contributed by atoms with van der Waals surface area (Å²) >= 11 is 0. The molecule has 5 heteroatoms. The van der Waals surface area contributed by atoms with Crippen LogP contribution in [0.25, 0.3) is 0 Å². The maximum absolute atomic E-state index is 10.0. The average Bonchev–Trinajstić information content (AvgIpc) is 2.79. The zero-order valence-corrected chi connectivity index (χ0v) is 13.2. The topological polar surface area (TPSA) is 65.7 Å². The van der Waals surface area contributed by atoms with Crippen molar-refractivity contribution in [2.24, 2.45) is 0 Å². The summed E-state index contributed by atoms with van der Waals surface area (Å²) in [5.41, 5.74) is 2.16. The Bertz CT molecular complexity index is 709. The minimum absolute atomic E-state index is 0.0745. The van der Waals surface area contributed by atoms with Crippen LogP contribution >= 0.6 is 0 Å². The first kappa shape index (κ1) is 14.6. The molecule has 0 saturated heterocycles. The van der Waals surface area contributed by atoms with Crippen molar-refractivity contribution in [2.75, 3.05) is 20.2 Å². The molecule has 0 saturated carbocycles. The van der Waals surface area contributed by atoms with Crippen molar-refractivity contribution in [1.29, 1.82) is 5.26 Å². The molecule has 1 N–H and O–H groups in total. The Morgan fingerprint density at radius 1 is 1.52 bits per heavy atom. The van der Waals surface area contributed by atoms with Gasteiger partial charge in [-0.15, -0.1) is 0 Å². The first-order valence-electron chi connectivity index (χ1n) is 8.01. The second kappa shape index (κ2) is 5.26. The Morgan fingerprint density at radius 2 is 2.39 bits per heavy atom. The summed E-state index contributed by atoms with van der Waals surface area (Å²) in [6, 6.07) is 6.28. The molecule has 4 rings (SSSR count). The molecule has 3 atom stereocenters. The molecule has 23 heavy (non-hydrogen) atoms. The minimum Gasteiger partial charge on any atom is -0.493 e. The fraction of sp³-hybridized carbons (Fsp3) is 0.500. The van der Waals surface area contributed by atoms with Gasteiger partial charge >= 0.3 is 0 Å². The third-order valence-corrected chi connectivity index (χ3v) is 5.33. The minimum atomic E-state index is -0.465. The van der Waals surface area contributed by atoms with Gasteiger partial charge in [-0.25, -0.2) is 0 Å². The van der Waals surface area contributed by atoms with Gasteiger partial charge in [-0.3, -0.25) is 4.90 Å². The molecule has 0 radical (unpaired) electrons. The first-order valence-corrected chi connectivity index (χ1v) is 8.01. The number of hydrogen-bond donors (Lipinski definition) is 1. The fourth-order valence-corrected chi connectivity index (χ4v) is 4.23. The molecule has 1 aliphatic carbocycles. The van der Waals surface area contributed by atoms with Crippen LogP contribution in [0.3, 0.4) is 0 Å². The van der Waals surface area contributed by atoms with E-state index >= 15 is 0 Å². The number of nitrogens with zero attached hydrogens (tertiary/aromatic N) is 2. The monoisotopic (exact) mass is 312 g/mol. The first-order chi connectivity index (χ1) is 11.2. The number of rotatable bonds is 2. The number of nitriles is 1. The van der Waals surface area contributed by atoms with E-state index in [1.54, 1.807) is 7.11 Å². The molecule has 120 valence electrons. The lowest BCUT2D eigenvalue weighted by Crippen LogP contribution is -2.43. The maximum atomic E-state index is 10.0. The molecule has 0 aromatic heterocycles. The predicted molar refractivity (Wildman–Crippen MR) is 84.4 cm³/mol. The van der Waals surface area contributed by atoms with E-state index in [1.165, 1.54) is 11.1 Å². The fourth-order valence-electron chi connectivity index (χ4n) is 4.23. The van der Waals surface area contributed by atoms with Gasteiger partial charge in [0.05, 0.1) is 31.2 Å². The van der Waals surface area contributed by atoms with Crippen LogP contribution in [-0.2, 0) is 12.0 Å². The highest BCUT2D eigenvalue weighted by Gasteiger charge is 2.52. The highest BCUT2D eigenvalue weighted by Crippen LogP contribution is 2.55. The van der Waals surface area contributed by atoms with Crippen molar-refractivity contribution in [3.8, 4) is 17.6 Å². The summed E-state index contributed by atoms with van der Waals surface area (Å²) in [5, 5.41) is 19.1. The molecule has 1 aromatic carbocycles. The molecule has 0 bridgehead atoms. The van der Waals surface area contributed by atoms with Crippen LogP contribution in [0.2, 0.25) is 0 Å². The van der Waals surface area contributed by atoms with Crippen molar-refractivity contribution in [3.63, 3.8) is 0 Å². The summed E-state index contributed by atoms with van der Waals surface area (Å²) in [4.78, 5) is 2.17. The van der Waals surface area contributed by atoms with Crippen LogP contribution in [0, 0.1) is 11.3 Å². The number of aliphatic hydroxyl groups excluding tert-OH is 1. The smallest absolute Gasteiger partial charge is 0.166 e. The lowest BCUT2D eigenvalue weighted by atomic mass is 9.69. The van der Waals surface area contributed by atoms with Gasteiger partial charge < -0.3 is 14.6 Å². The van der Waals surface area contributed by atoms with Gasteiger partial charge in [0.2, 0.25) is 0 Å². The molecule has 1 aromatic rings.